The van der Waals surface area contributed by atoms with Crippen molar-refractivity contribution in [3.63, 3.8) is 0 Å². The number of halogens is 2. The van der Waals surface area contributed by atoms with E-state index >= 15 is 0 Å². The topological polar surface area (TPSA) is 52.6 Å². The molecule has 2 rings (SSSR count). The molecule has 0 fully saturated rings. The zero-order chi connectivity index (χ0) is 17.4. The lowest BCUT2D eigenvalue weighted by Gasteiger charge is -2.14. The average Bonchev–Trinajstić information content (AvgIpc) is 2.59. The van der Waals surface area contributed by atoms with Crippen molar-refractivity contribution in [2.75, 3.05) is 32.6 Å². The Morgan fingerprint density at radius 1 is 1.12 bits per heavy atom. The van der Waals surface area contributed by atoms with Crippen LogP contribution in [0.5, 0.6) is 0 Å². The van der Waals surface area contributed by atoms with Gasteiger partial charge in [-0.25, -0.2) is 4.98 Å². The molecular weight excluding hydrogens is 449 g/mol. The first kappa shape index (κ1) is 21.5. The van der Waals surface area contributed by atoms with Gasteiger partial charge in [-0.05, 0) is 41.8 Å². The lowest BCUT2D eigenvalue weighted by molar-refractivity contribution is 0.793. The van der Waals surface area contributed by atoms with Gasteiger partial charge in [-0.1, -0.05) is 23.7 Å². The van der Waals surface area contributed by atoms with E-state index in [1.165, 1.54) is 5.56 Å². The highest BCUT2D eigenvalue weighted by molar-refractivity contribution is 14.0. The number of hydrogen-bond acceptors (Lipinski definition) is 3. The van der Waals surface area contributed by atoms with Crippen LogP contribution >= 0.6 is 35.6 Å². The van der Waals surface area contributed by atoms with Crippen molar-refractivity contribution < 1.29 is 0 Å². The number of pyridine rings is 1. The van der Waals surface area contributed by atoms with E-state index < -0.39 is 0 Å². The van der Waals surface area contributed by atoms with Gasteiger partial charge in [-0.2, -0.15) is 0 Å². The molecule has 0 aliphatic rings. The highest BCUT2D eigenvalue weighted by atomic mass is 127. The van der Waals surface area contributed by atoms with E-state index in [1.54, 1.807) is 7.05 Å². The van der Waals surface area contributed by atoms with Gasteiger partial charge in [-0.15, -0.1) is 24.0 Å². The van der Waals surface area contributed by atoms with E-state index in [0.29, 0.717) is 6.54 Å². The Morgan fingerprint density at radius 2 is 1.84 bits per heavy atom. The summed E-state index contributed by atoms with van der Waals surface area (Å²) in [5, 5.41) is 7.40. The molecule has 7 heteroatoms. The summed E-state index contributed by atoms with van der Waals surface area (Å²) in [6.45, 7) is 1.50. The zero-order valence-electron chi connectivity index (χ0n) is 14.8. The van der Waals surface area contributed by atoms with Crippen LogP contribution in [0, 0.1) is 0 Å². The molecule has 0 saturated heterocycles. The van der Waals surface area contributed by atoms with Gasteiger partial charge in [0.2, 0.25) is 0 Å². The zero-order valence-corrected chi connectivity index (χ0v) is 17.9. The summed E-state index contributed by atoms with van der Waals surface area (Å²) >= 11 is 5.90. The molecule has 0 amide bonds. The molecule has 0 saturated carbocycles. The molecular formula is C18H25ClIN5. The fourth-order valence-corrected chi connectivity index (χ4v) is 2.32. The van der Waals surface area contributed by atoms with Crippen LogP contribution in [0.15, 0.2) is 47.6 Å². The number of benzene rings is 1. The van der Waals surface area contributed by atoms with Crippen LogP contribution < -0.4 is 15.5 Å². The van der Waals surface area contributed by atoms with Crippen molar-refractivity contribution in [3.8, 4) is 0 Å². The molecule has 0 bridgehead atoms. The first-order chi connectivity index (χ1) is 11.6. The molecule has 5 nitrogen and oxygen atoms in total. The van der Waals surface area contributed by atoms with Crippen LogP contribution in [0.25, 0.3) is 0 Å². The van der Waals surface area contributed by atoms with E-state index in [1.807, 2.05) is 55.5 Å². The van der Waals surface area contributed by atoms with Gasteiger partial charge in [0.15, 0.2) is 5.96 Å². The number of guanidine groups is 1. The van der Waals surface area contributed by atoms with Crippen molar-refractivity contribution in [1.29, 1.82) is 0 Å². The highest BCUT2D eigenvalue weighted by Crippen LogP contribution is 2.10. The maximum Gasteiger partial charge on any atom is 0.191 e. The minimum Gasteiger partial charge on any atom is -0.363 e. The van der Waals surface area contributed by atoms with Gasteiger partial charge in [0, 0.05) is 45.5 Å². The summed E-state index contributed by atoms with van der Waals surface area (Å²) in [5.74, 6) is 1.73. The van der Waals surface area contributed by atoms with E-state index in [9.17, 15) is 0 Å². The summed E-state index contributed by atoms with van der Waals surface area (Å²) in [6, 6.07) is 12.0. The highest BCUT2D eigenvalue weighted by Gasteiger charge is 2.02. The van der Waals surface area contributed by atoms with E-state index in [4.69, 9.17) is 11.6 Å². The van der Waals surface area contributed by atoms with Gasteiger partial charge < -0.3 is 15.5 Å². The number of anilines is 1. The van der Waals surface area contributed by atoms with Crippen LogP contribution in [0.1, 0.15) is 11.1 Å². The van der Waals surface area contributed by atoms with Gasteiger partial charge in [0.05, 0.1) is 0 Å². The summed E-state index contributed by atoms with van der Waals surface area (Å²) in [6.07, 6.45) is 2.74. The van der Waals surface area contributed by atoms with Crippen molar-refractivity contribution in [2.24, 2.45) is 4.99 Å². The first-order valence-corrected chi connectivity index (χ1v) is 8.27. The lowest BCUT2D eigenvalue weighted by atomic mass is 10.1. The number of aliphatic imine (C=N–C) groups is 1. The van der Waals surface area contributed by atoms with Crippen LogP contribution in [-0.4, -0.2) is 38.6 Å². The van der Waals surface area contributed by atoms with Crippen molar-refractivity contribution >= 4 is 47.4 Å². The minimum atomic E-state index is 0. The van der Waals surface area contributed by atoms with E-state index in [2.05, 4.69) is 26.7 Å². The standard InChI is InChI=1S/C18H24ClN5.HI/c1-20-18(22-11-8-14-4-6-16(19)7-5-14)23-13-15-9-10-21-17(12-15)24(2)3;/h4-7,9-10,12H,8,11,13H2,1-3H3,(H2,20,22,23);1H. The molecule has 0 radical (unpaired) electrons. The molecule has 1 aromatic heterocycles. The van der Waals surface area contributed by atoms with Gasteiger partial charge >= 0.3 is 0 Å². The van der Waals surface area contributed by atoms with Gasteiger partial charge in [-0.3, -0.25) is 4.99 Å². The van der Waals surface area contributed by atoms with Gasteiger partial charge in [0.1, 0.15) is 5.82 Å². The Kier molecular flexibility index (Phi) is 9.59. The maximum absolute atomic E-state index is 5.90. The SMILES string of the molecule is CN=C(NCCc1ccc(Cl)cc1)NCc1ccnc(N(C)C)c1.I. The molecule has 25 heavy (non-hydrogen) atoms. The molecule has 0 aliphatic carbocycles. The second-order valence-corrected chi connectivity index (χ2v) is 6.08. The molecule has 1 heterocycles. The molecule has 0 spiro atoms. The fraction of sp³-hybridized carbons (Fsp3) is 0.333. The molecule has 2 aromatic rings. The molecule has 1 aromatic carbocycles. The summed E-state index contributed by atoms with van der Waals surface area (Å²) in [5.41, 5.74) is 2.40. The normalized spacial score (nSPS) is 10.8. The first-order valence-electron chi connectivity index (χ1n) is 7.89. The average molecular weight is 474 g/mol. The van der Waals surface area contributed by atoms with Crippen LogP contribution in [0.4, 0.5) is 5.82 Å². The third kappa shape index (κ3) is 7.48. The van der Waals surface area contributed by atoms with E-state index in [0.717, 1.165) is 35.3 Å². The van der Waals surface area contributed by atoms with Crippen molar-refractivity contribution in [3.05, 3.63) is 58.7 Å². The Bertz CT molecular complexity index is 673. The van der Waals surface area contributed by atoms with Gasteiger partial charge in [0.25, 0.3) is 0 Å². The molecule has 0 unspecified atom stereocenters. The summed E-state index contributed by atoms with van der Waals surface area (Å²) in [7, 11) is 5.74. The third-order valence-electron chi connectivity index (χ3n) is 3.57. The van der Waals surface area contributed by atoms with Crippen LogP contribution in [0.3, 0.4) is 0 Å². The number of nitrogens with one attached hydrogen (secondary N) is 2. The molecule has 0 aliphatic heterocycles. The third-order valence-corrected chi connectivity index (χ3v) is 3.82. The van der Waals surface area contributed by atoms with E-state index in [-0.39, 0.29) is 24.0 Å². The predicted octanol–water partition coefficient (Wildman–Crippen LogP) is 3.33. The lowest BCUT2D eigenvalue weighted by Crippen LogP contribution is -2.37. The fourth-order valence-electron chi connectivity index (χ4n) is 2.20. The number of nitrogens with zero attached hydrogens (tertiary/aromatic N) is 3. The second kappa shape index (κ2) is 11.1. The molecule has 0 atom stereocenters. The summed E-state index contributed by atoms with van der Waals surface area (Å²) in [4.78, 5) is 10.6. The molecule has 136 valence electrons. The number of hydrogen-bond donors (Lipinski definition) is 2. The van der Waals surface area contributed by atoms with Crippen LogP contribution in [0.2, 0.25) is 5.02 Å². The largest absolute Gasteiger partial charge is 0.363 e. The monoisotopic (exact) mass is 473 g/mol. The Morgan fingerprint density at radius 3 is 2.48 bits per heavy atom. The van der Waals surface area contributed by atoms with Crippen molar-refractivity contribution in [2.45, 2.75) is 13.0 Å². The minimum absolute atomic E-state index is 0. The number of aromatic nitrogens is 1. The molecule has 2 N–H and O–H groups in total. The summed E-state index contributed by atoms with van der Waals surface area (Å²) < 4.78 is 0. The Hall–Kier alpha value is -1.54. The Balaban J connectivity index is 0.00000312. The Labute approximate surface area is 171 Å². The quantitative estimate of drug-likeness (QED) is 0.384. The number of rotatable bonds is 6. The van der Waals surface area contributed by atoms with Crippen LogP contribution in [-0.2, 0) is 13.0 Å². The predicted molar refractivity (Wildman–Crippen MR) is 117 cm³/mol. The van der Waals surface area contributed by atoms with Crippen molar-refractivity contribution in [1.82, 2.24) is 15.6 Å². The smallest absolute Gasteiger partial charge is 0.191 e. The second-order valence-electron chi connectivity index (χ2n) is 5.65. The maximum atomic E-state index is 5.90.